The molecule has 0 heterocycles. The van der Waals surface area contributed by atoms with Gasteiger partial charge in [-0.25, -0.2) is 4.39 Å². The second kappa shape index (κ2) is 3.32. The number of para-hydroxylation sites is 1. The quantitative estimate of drug-likeness (QED) is 0.635. The van der Waals surface area contributed by atoms with Gasteiger partial charge in [-0.3, -0.25) is 0 Å². The highest BCUT2D eigenvalue weighted by molar-refractivity contribution is 5.38. The standard InChI is InChI=1S/C9H12FNO2/c1-9(11,5-12)6-3-2-4-7(10)8(6)13/h2-4,12-13H,5,11H2,1H3. The summed E-state index contributed by atoms with van der Waals surface area (Å²) in [5.74, 6) is -1.23. The average molecular weight is 185 g/mol. The number of hydrogen-bond donors (Lipinski definition) is 3. The van der Waals surface area contributed by atoms with Gasteiger partial charge in [-0.2, -0.15) is 0 Å². The number of aliphatic hydroxyl groups is 1. The number of aliphatic hydroxyl groups excluding tert-OH is 1. The molecule has 1 rings (SSSR count). The van der Waals surface area contributed by atoms with Crippen molar-refractivity contribution in [3.63, 3.8) is 0 Å². The van der Waals surface area contributed by atoms with Crippen LogP contribution in [0.2, 0.25) is 0 Å². The zero-order valence-corrected chi connectivity index (χ0v) is 7.29. The predicted octanol–water partition coefficient (Wildman–Crippen LogP) is 0.698. The first-order valence-electron chi connectivity index (χ1n) is 3.87. The SMILES string of the molecule is CC(N)(CO)c1cccc(F)c1O. The maximum Gasteiger partial charge on any atom is 0.165 e. The molecular weight excluding hydrogens is 173 g/mol. The molecule has 0 fully saturated rings. The zero-order chi connectivity index (χ0) is 10.1. The summed E-state index contributed by atoms with van der Waals surface area (Å²) in [7, 11) is 0. The van der Waals surface area contributed by atoms with E-state index in [1.54, 1.807) is 0 Å². The Balaban J connectivity index is 3.22. The molecule has 1 aromatic carbocycles. The molecule has 1 atom stereocenters. The number of aromatic hydroxyl groups is 1. The van der Waals surface area contributed by atoms with E-state index in [0.717, 1.165) is 6.07 Å². The van der Waals surface area contributed by atoms with E-state index in [9.17, 15) is 9.50 Å². The molecule has 0 amide bonds. The van der Waals surface area contributed by atoms with Crippen LogP contribution in [0.25, 0.3) is 0 Å². The van der Waals surface area contributed by atoms with E-state index in [0.29, 0.717) is 0 Å². The third-order valence-electron chi connectivity index (χ3n) is 1.93. The molecule has 0 bridgehead atoms. The normalized spacial score (nSPS) is 15.4. The van der Waals surface area contributed by atoms with Crippen LogP contribution >= 0.6 is 0 Å². The van der Waals surface area contributed by atoms with Crippen LogP contribution in [-0.2, 0) is 5.54 Å². The van der Waals surface area contributed by atoms with Crippen LogP contribution in [-0.4, -0.2) is 16.8 Å². The van der Waals surface area contributed by atoms with Crippen LogP contribution in [0.4, 0.5) is 4.39 Å². The lowest BCUT2D eigenvalue weighted by Gasteiger charge is -2.23. The highest BCUT2D eigenvalue weighted by atomic mass is 19.1. The molecule has 0 aromatic heterocycles. The van der Waals surface area contributed by atoms with Crippen LogP contribution in [0, 0.1) is 5.82 Å². The second-order valence-electron chi connectivity index (χ2n) is 3.21. The number of rotatable bonds is 2. The van der Waals surface area contributed by atoms with Gasteiger partial charge in [0.05, 0.1) is 12.1 Å². The fraction of sp³-hybridized carbons (Fsp3) is 0.333. The van der Waals surface area contributed by atoms with Crippen LogP contribution < -0.4 is 5.73 Å². The number of phenolic OH excluding ortho intramolecular Hbond substituents is 1. The summed E-state index contributed by atoms with van der Waals surface area (Å²) in [6.45, 7) is 1.16. The van der Waals surface area contributed by atoms with E-state index in [2.05, 4.69) is 0 Å². The van der Waals surface area contributed by atoms with Crippen molar-refractivity contribution in [1.29, 1.82) is 0 Å². The largest absolute Gasteiger partial charge is 0.505 e. The molecule has 0 aliphatic rings. The first-order chi connectivity index (χ1) is 5.99. The number of halogens is 1. The van der Waals surface area contributed by atoms with E-state index >= 15 is 0 Å². The summed E-state index contributed by atoms with van der Waals surface area (Å²) in [6.07, 6.45) is 0. The molecular formula is C9H12FNO2. The van der Waals surface area contributed by atoms with Gasteiger partial charge in [0, 0.05) is 5.56 Å². The molecule has 4 heteroatoms. The van der Waals surface area contributed by atoms with Gasteiger partial charge < -0.3 is 15.9 Å². The topological polar surface area (TPSA) is 66.5 Å². The molecule has 0 saturated heterocycles. The molecule has 72 valence electrons. The molecule has 0 spiro atoms. The lowest BCUT2D eigenvalue weighted by molar-refractivity contribution is 0.206. The summed E-state index contributed by atoms with van der Waals surface area (Å²) < 4.78 is 12.9. The van der Waals surface area contributed by atoms with Gasteiger partial charge in [0.25, 0.3) is 0 Å². The summed E-state index contributed by atoms with van der Waals surface area (Å²) in [5, 5.41) is 18.2. The highest BCUT2D eigenvalue weighted by Crippen LogP contribution is 2.28. The summed E-state index contributed by atoms with van der Waals surface area (Å²) >= 11 is 0. The van der Waals surface area contributed by atoms with E-state index in [4.69, 9.17) is 10.8 Å². The van der Waals surface area contributed by atoms with Gasteiger partial charge in [0.2, 0.25) is 0 Å². The minimum absolute atomic E-state index is 0.204. The van der Waals surface area contributed by atoms with Crippen LogP contribution in [0.3, 0.4) is 0 Å². The Bertz CT molecular complexity index is 312. The molecule has 0 aliphatic carbocycles. The van der Waals surface area contributed by atoms with E-state index in [1.807, 2.05) is 0 Å². The number of phenols is 1. The smallest absolute Gasteiger partial charge is 0.165 e. The summed E-state index contributed by atoms with van der Waals surface area (Å²) in [4.78, 5) is 0. The molecule has 0 radical (unpaired) electrons. The van der Waals surface area contributed by atoms with Crippen LogP contribution in [0.5, 0.6) is 5.75 Å². The first kappa shape index (κ1) is 9.95. The lowest BCUT2D eigenvalue weighted by Crippen LogP contribution is -2.37. The molecule has 13 heavy (non-hydrogen) atoms. The molecule has 1 unspecified atom stereocenters. The van der Waals surface area contributed by atoms with Crippen molar-refractivity contribution in [3.05, 3.63) is 29.6 Å². The molecule has 1 aromatic rings. The summed E-state index contributed by atoms with van der Waals surface area (Å²) in [5.41, 5.74) is 4.72. The third-order valence-corrected chi connectivity index (χ3v) is 1.93. The maximum atomic E-state index is 12.9. The number of hydrogen-bond acceptors (Lipinski definition) is 3. The number of nitrogens with two attached hydrogens (primary N) is 1. The third kappa shape index (κ3) is 1.79. The Kier molecular flexibility index (Phi) is 2.54. The Labute approximate surface area is 75.6 Å². The van der Waals surface area contributed by atoms with Gasteiger partial charge in [0.1, 0.15) is 0 Å². The van der Waals surface area contributed by atoms with E-state index in [1.165, 1.54) is 19.1 Å². The molecule has 4 N–H and O–H groups in total. The average Bonchev–Trinajstić information content (AvgIpc) is 2.09. The van der Waals surface area contributed by atoms with E-state index in [-0.39, 0.29) is 12.2 Å². The van der Waals surface area contributed by atoms with Crippen LogP contribution in [0.1, 0.15) is 12.5 Å². The second-order valence-corrected chi connectivity index (χ2v) is 3.21. The zero-order valence-electron chi connectivity index (χ0n) is 7.29. The number of benzene rings is 1. The van der Waals surface area contributed by atoms with Crippen molar-refractivity contribution in [2.24, 2.45) is 5.73 Å². The Morgan fingerprint density at radius 1 is 1.54 bits per heavy atom. The van der Waals surface area contributed by atoms with Gasteiger partial charge in [-0.15, -0.1) is 0 Å². The molecule has 0 aliphatic heterocycles. The minimum atomic E-state index is -1.12. The fourth-order valence-corrected chi connectivity index (χ4v) is 1.06. The monoisotopic (exact) mass is 185 g/mol. The van der Waals surface area contributed by atoms with Gasteiger partial charge in [-0.1, -0.05) is 12.1 Å². The fourth-order valence-electron chi connectivity index (χ4n) is 1.06. The van der Waals surface area contributed by atoms with Crippen molar-refractivity contribution in [1.82, 2.24) is 0 Å². The van der Waals surface area contributed by atoms with Crippen molar-refractivity contribution in [2.45, 2.75) is 12.5 Å². The Morgan fingerprint density at radius 2 is 2.15 bits per heavy atom. The van der Waals surface area contributed by atoms with Crippen LogP contribution in [0.15, 0.2) is 18.2 Å². The highest BCUT2D eigenvalue weighted by Gasteiger charge is 2.24. The Hall–Kier alpha value is -1.13. The maximum absolute atomic E-state index is 12.9. The van der Waals surface area contributed by atoms with Crippen molar-refractivity contribution in [2.75, 3.05) is 6.61 Å². The predicted molar refractivity (Wildman–Crippen MR) is 46.7 cm³/mol. The van der Waals surface area contributed by atoms with Gasteiger partial charge in [-0.05, 0) is 13.0 Å². The molecule has 0 saturated carbocycles. The first-order valence-corrected chi connectivity index (χ1v) is 3.87. The van der Waals surface area contributed by atoms with E-state index < -0.39 is 17.1 Å². The van der Waals surface area contributed by atoms with Gasteiger partial charge >= 0.3 is 0 Å². The van der Waals surface area contributed by atoms with Crippen molar-refractivity contribution < 1.29 is 14.6 Å². The van der Waals surface area contributed by atoms with Crippen molar-refractivity contribution >= 4 is 0 Å². The van der Waals surface area contributed by atoms with Crippen molar-refractivity contribution in [3.8, 4) is 5.75 Å². The minimum Gasteiger partial charge on any atom is -0.505 e. The summed E-state index contributed by atoms with van der Waals surface area (Å²) in [6, 6.07) is 4.05. The lowest BCUT2D eigenvalue weighted by atomic mass is 9.93. The van der Waals surface area contributed by atoms with Gasteiger partial charge in [0.15, 0.2) is 11.6 Å². The molecule has 3 nitrogen and oxygen atoms in total. The Morgan fingerprint density at radius 3 is 2.69 bits per heavy atom.